The van der Waals surface area contributed by atoms with Crippen LogP contribution < -0.4 is 5.32 Å². The van der Waals surface area contributed by atoms with E-state index in [1.807, 2.05) is 6.07 Å². The summed E-state index contributed by atoms with van der Waals surface area (Å²) in [5, 5.41) is 11.6. The topological polar surface area (TPSA) is 65.8 Å². The second-order valence-electron chi connectivity index (χ2n) is 5.07. The molecule has 0 radical (unpaired) electrons. The Morgan fingerprint density at radius 2 is 2.21 bits per heavy atom. The monoisotopic (exact) mass is 277 g/mol. The van der Waals surface area contributed by atoms with E-state index in [9.17, 15) is 4.79 Å². The van der Waals surface area contributed by atoms with E-state index in [4.69, 9.17) is 16.9 Å². The minimum absolute atomic E-state index is 0.0454. The minimum atomic E-state index is -0.208. The third-order valence-electron chi connectivity index (χ3n) is 3.70. The van der Waals surface area contributed by atoms with Gasteiger partial charge < -0.3 is 5.32 Å². The lowest BCUT2D eigenvalue weighted by molar-refractivity contribution is 0.0930. The first-order valence-electron chi connectivity index (χ1n) is 6.39. The first kappa shape index (κ1) is 13.8. The molecule has 0 aromatic carbocycles. The van der Waals surface area contributed by atoms with Crippen molar-refractivity contribution in [2.24, 2.45) is 5.41 Å². The molecule has 19 heavy (non-hydrogen) atoms. The molecule has 5 heteroatoms. The Labute approximate surface area is 117 Å². The number of aromatic nitrogens is 1. The molecule has 0 spiro atoms. The van der Waals surface area contributed by atoms with Crippen molar-refractivity contribution in [3.63, 3.8) is 0 Å². The molecule has 0 bridgehead atoms. The van der Waals surface area contributed by atoms with Crippen LogP contribution in [0.2, 0.25) is 0 Å². The zero-order chi connectivity index (χ0) is 13.7. The Hall–Kier alpha value is -1.60. The van der Waals surface area contributed by atoms with Gasteiger partial charge in [-0.25, -0.2) is 4.98 Å². The number of halogens is 1. The maximum atomic E-state index is 12.0. The van der Waals surface area contributed by atoms with Gasteiger partial charge in [0, 0.05) is 24.0 Å². The average Bonchev–Trinajstić information content (AvgIpc) is 2.94. The van der Waals surface area contributed by atoms with Crippen LogP contribution in [-0.4, -0.2) is 23.3 Å². The molecule has 1 aliphatic rings. The molecular formula is C14H16ClN3O. The van der Waals surface area contributed by atoms with E-state index in [0.717, 1.165) is 12.8 Å². The number of pyridine rings is 1. The lowest BCUT2D eigenvalue weighted by Gasteiger charge is -2.26. The molecule has 1 fully saturated rings. The average molecular weight is 278 g/mol. The normalized spacial score (nSPS) is 16.8. The molecule has 100 valence electrons. The van der Waals surface area contributed by atoms with Gasteiger partial charge >= 0.3 is 0 Å². The maximum Gasteiger partial charge on any atom is 0.269 e. The molecule has 1 amide bonds. The lowest BCUT2D eigenvalue weighted by Crippen LogP contribution is -2.37. The highest BCUT2D eigenvalue weighted by Gasteiger charge is 2.33. The molecule has 1 aliphatic carbocycles. The van der Waals surface area contributed by atoms with E-state index in [0.29, 0.717) is 23.7 Å². The van der Waals surface area contributed by atoms with Crippen molar-refractivity contribution in [2.45, 2.75) is 25.7 Å². The Bertz CT molecular complexity index is 486. The summed E-state index contributed by atoms with van der Waals surface area (Å²) in [6.45, 7) is 0.594. The van der Waals surface area contributed by atoms with Crippen LogP contribution in [0, 0.1) is 16.7 Å². The van der Waals surface area contributed by atoms with Crippen molar-refractivity contribution >= 4 is 17.5 Å². The van der Waals surface area contributed by atoms with Crippen molar-refractivity contribution in [2.75, 3.05) is 12.4 Å². The first-order chi connectivity index (χ1) is 9.19. The lowest BCUT2D eigenvalue weighted by atomic mass is 9.88. The van der Waals surface area contributed by atoms with E-state index in [1.54, 1.807) is 12.1 Å². The van der Waals surface area contributed by atoms with Crippen molar-refractivity contribution < 1.29 is 4.79 Å². The van der Waals surface area contributed by atoms with Gasteiger partial charge in [-0.2, -0.15) is 5.26 Å². The SMILES string of the molecule is N#Cc1ccc(C(=O)NCC2(CCl)CCCC2)nc1. The van der Waals surface area contributed by atoms with Gasteiger partial charge in [-0.1, -0.05) is 12.8 Å². The molecule has 0 saturated heterocycles. The molecule has 2 rings (SSSR count). The van der Waals surface area contributed by atoms with Gasteiger partial charge in [0.2, 0.25) is 0 Å². The fourth-order valence-corrected chi connectivity index (χ4v) is 2.80. The number of alkyl halides is 1. The summed E-state index contributed by atoms with van der Waals surface area (Å²) >= 11 is 6.03. The molecule has 0 aliphatic heterocycles. The third kappa shape index (κ3) is 3.24. The second kappa shape index (κ2) is 6.03. The molecule has 1 aromatic heterocycles. The highest BCUT2D eigenvalue weighted by Crippen LogP contribution is 2.38. The fourth-order valence-electron chi connectivity index (χ4n) is 2.44. The molecule has 1 saturated carbocycles. The molecule has 1 aromatic rings. The number of amides is 1. The predicted molar refractivity (Wildman–Crippen MR) is 72.9 cm³/mol. The van der Waals surface area contributed by atoms with E-state index >= 15 is 0 Å². The number of nitrogens with one attached hydrogen (secondary N) is 1. The number of hydrogen-bond donors (Lipinski definition) is 1. The minimum Gasteiger partial charge on any atom is -0.350 e. The van der Waals surface area contributed by atoms with Crippen LogP contribution in [0.5, 0.6) is 0 Å². The highest BCUT2D eigenvalue weighted by atomic mass is 35.5. The molecule has 4 nitrogen and oxygen atoms in total. The largest absolute Gasteiger partial charge is 0.350 e. The highest BCUT2D eigenvalue weighted by molar-refractivity contribution is 6.18. The maximum absolute atomic E-state index is 12.0. The Kier molecular flexibility index (Phi) is 4.39. The summed E-state index contributed by atoms with van der Waals surface area (Å²) in [5.74, 6) is 0.370. The van der Waals surface area contributed by atoms with Crippen LogP contribution in [-0.2, 0) is 0 Å². The van der Waals surface area contributed by atoms with Gasteiger partial charge in [0.15, 0.2) is 0 Å². The smallest absolute Gasteiger partial charge is 0.269 e. The molecule has 0 unspecified atom stereocenters. The van der Waals surface area contributed by atoms with E-state index in [-0.39, 0.29) is 11.3 Å². The van der Waals surface area contributed by atoms with Crippen molar-refractivity contribution in [1.82, 2.24) is 10.3 Å². The van der Waals surface area contributed by atoms with E-state index in [2.05, 4.69) is 10.3 Å². The number of nitriles is 1. The predicted octanol–water partition coefficient (Wildman–Crippen LogP) is 2.48. The summed E-state index contributed by atoms with van der Waals surface area (Å²) < 4.78 is 0. The number of hydrogen-bond acceptors (Lipinski definition) is 3. The number of nitrogens with zero attached hydrogens (tertiary/aromatic N) is 2. The van der Waals surface area contributed by atoms with Crippen LogP contribution >= 0.6 is 11.6 Å². The molecule has 0 atom stereocenters. The standard InChI is InChI=1S/C14H16ClN3O/c15-9-14(5-1-2-6-14)10-18-13(19)12-4-3-11(7-16)8-17-12/h3-4,8H,1-2,5-6,9-10H2,(H,18,19). The number of carbonyl (C=O) groups excluding carboxylic acids is 1. The zero-order valence-electron chi connectivity index (χ0n) is 10.7. The Morgan fingerprint density at radius 3 is 2.74 bits per heavy atom. The van der Waals surface area contributed by atoms with Crippen LogP contribution in [0.3, 0.4) is 0 Å². The molecule has 1 N–H and O–H groups in total. The Balaban J connectivity index is 1.95. The number of carbonyl (C=O) groups is 1. The van der Waals surface area contributed by atoms with Gasteiger partial charge in [0.25, 0.3) is 5.91 Å². The van der Waals surface area contributed by atoms with Gasteiger partial charge in [-0.3, -0.25) is 4.79 Å². The summed E-state index contributed by atoms with van der Waals surface area (Å²) in [4.78, 5) is 15.9. The van der Waals surface area contributed by atoms with Crippen molar-refractivity contribution in [1.29, 1.82) is 5.26 Å². The van der Waals surface area contributed by atoms with Gasteiger partial charge in [-0.15, -0.1) is 11.6 Å². The van der Waals surface area contributed by atoms with Crippen molar-refractivity contribution in [3.05, 3.63) is 29.6 Å². The van der Waals surface area contributed by atoms with Gasteiger partial charge in [-0.05, 0) is 25.0 Å². The number of rotatable bonds is 4. The third-order valence-corrected chi connectivity index (χ3v) is 4.26. The quantitative estimate of drug-likeness (QED) is 0.860. The van der Waals surface area contributed by atoms with E-state index in [1.165, 1.54) is 19.0 Å². The van der Waals surface area contributed by atoms with Crippen LogP contribution in [0.4, 0.5) is 0 Å². The van der Waals surface area contributed by atoms with Gasteiger partial charge in [0.05, 0.1) is 5.56 Å². The zero-order valence-corrected chi connectivity index (χ0v) is 11.4. The fraction of sp³-hybridized carbons (Fsp3) is 0.500. The van der Waals surface area contributed by atoms with Crippen LogP contribution in [0.15, 0.2) is 18.3 Å². The summed E-state index contributed by atoms with van der Waals surface area (Å²) in [5.41, 5.74) is 0.829. The van der Waals surface area contributed by atoms with Gasteiger partial charge in [0.1, 0.15) is 11.8 Å². The first-order valence-corrected chi connectivity index (χ1v) is 6.93. The summed E-state index contributed by atoms with van der Waals surface area (Å²) in [6, 6.07) is 5.13. The molecular weight excluding hydrogens is 262 g/mol. The van der Waals surface area contributed by atoms with Crippen LogP contribution in [0.25, 0.3) is 0 Å². The Morgan fingerprint density at radius 1 is 1.47 bits per heavy atom. The van der Waals surface area contributed by atoms with E-state index < -0.39 is 0 Å². The van der Waals surface area contributed by atoms with Crippen LogP contribution in [0.1, 0.15) is 41.7 Å². The summed E-state index contributed by atoms with van der Waals surface area (Å²) in [7, 11) is 0. The summed E-state index contributed by atoms with van der Waals surface area (Å²) in [6.07, 6.45) is 5.90. The van der Waals surface area contributed by atoms with Crippen molar-refractivity contribution in [3.8, 4) is 6.07 Å². The second-order valence-corrected chi connectivity index (χ2v) is 5.33. The molecule has 1 heterocycles.